The van der Waals surface area contributed by atoms with Crippen LogP contribution < -0.4 is 10.1 Å². The minimum absolute atomic E-state index is 0.0847. The van der Waals surface area contributed by atoms with Crippen molar-refractivity contribution in [3.05, 3.63) is 59.4 Å². The first-order chi connectivity index (χ1) is 9.78. The van der Waals surface area contributed by atoms with Gasteiger partial charge in [0.1, 0.15) is 11.6 Å². The summed E-state index contributed by atoms with van der Waals surface area (Å²) >= 11 is 0. The summed E-state index contributed by atoms with van der Waals surface area (Å²) in [5.74, 6) is 0.786. The van der Waals surface area contributed by atoms with Gasteiger partial charge in [-0.05, 0) is 61.2 Å². The maximum Gasteiger partial charge on any atom is 0.126 e. The molecular formula is C17H18FNO. The van der Waals surface area contributed by atoms with E-state index in [-0.39, 0.29) is 11.9 Å². The molecule has 0 saturated carbocycles. The molecule has 0 fully saturated rings. The zero-order valence-electron chi connectivity index (χ0n) is 11.5. The number of anilines is 1. The van der Waals surface area contributed by atoms with Gasteiger partial charge in [-0.2, -0.15) is 0 Å². The average molecular weight is 271 g/mol. The topological polar surface area (TPSA) is 21.3 Å². The van der Waals surface area contributed by atoms with Gasteiger partial charge in [-0.3, -0.25) is 0 Å². The Morgan fingerprint density at radius 2 is 2.00 bits per heavy atom. The van der Waals surface area contributed by atoms with Crippen LogP contribution in [-0.2, 0) is 6.42 Å². The largest absolute Gasteiger partial charge is 0.494 e. The molecule has 0 radical (unpaired) electrons. The van der Waals surface area contributed by atoms with Gasteiger partial charge in [-0.15, -0.1) is 0 Å². The summed E-state index contributed by atoms with van der Waals surface area (Å²) in [6.07, 6.45) is 1.74. The van der Waals surface area contributed by atoms with E-state index in [4.69, 9.17) is 4.74 Å². The van der Waals surface area contributed by atoms with Crippen LogP contribution in [0.3, 0.4) is 0 Å². The Labute approximate surface area is 118 Å². The summed E-state index contributed by atoms with van der Waals surface area (Å²) < 4.78 is 19.1. The van der Waals surface area contributed by atoms with Gasteiger partial charge in [0.25, 0.3) is 0 Å². The van der Waals surface area contributed by atoms with E-state index in [1.54, 1.807) is 6.07 Å². The van der Waals surface area contributed by atoms with Crippen molar-refractivity contribution >= 4 is 5.69 Å². The van der Waals surface area contributed by atoms with E-state index >= 15 is 0 Å². The minimum atomic E-state index is -0.0847. The highest BCUT2D eigenvalue weighted by atomic mass is 19.1. The molecule has 1 atom stereocenters. The van der Waals surface area contributed by atoms with Gasteiger partial charge in [0.15, 0.2) is 0 Å². The highest BCUT2D eigenvalue weighted by molar-refractivity contribution is 5.50. The highest BCUT2D eigenvalue weighted by Gasteiger charge is 2.24. The third-order valence-corrected chi connectivity index (χ3v) is 3.72. The zero-order chi connectivity index (χ0) is 13.9. The Morgan fingerprint density at radius 1 is 1.20 bits per heavy atom. The second-order valence-corrected chi connectivity index (χ2v) is 5.00. The van der Waals surface area contributed by atoms with Crippen molar-refractivity contribution < 1.29 is 9.13 Å². The van der Waals surface area contributed by atoms with Crippen LogP contribution in [0.5, 0.6) is 5.75 Å². The first-order valence-corrected chi connectivity index (χ1v) is 7.04. The Bertz CT molecular complexity index is 594. The van der Waals surface area contributed by atoms with E-state index in [0.717, 1.165) is 35.4 Å². The van der Waals surface area contributed by atoms with Gasteiger partial charge in [0.05, 0.1) is 12.6 Å². The van der Waals surface area contributed by atoms with Gasteiger partial charge >= 0.3 is 0 Å². The predicted molar refractivity (Wildman–Crippen MR) is 78.7 cm³/mol. The Morgan fingerprint density at radius 3 is 2.75 bits per heavy atom. The summed E-state index contributed by atoms with van der Waals surface area (Å²) in [7, 11) is 0. The van der Waals surface area contributed by atoms with Gasteiger partial charge in [-0.1, -0.05) is 12.1 Å². The molecule has 20 heavy (non-hydrogen) atoms. The summed E-state index contributed by atoms with van der Waals surface area (Å²) in [6.45, 7) is 2.64. The second-order valence-electron chi connectivity index (χ2n) is 5.00. The summed E-state index contributed by atoms with van der Waals surface area (Å²) in [4.78, 5) is 0. The fraction of sp³-hybridized carbons (Fsp3) is 0.294. The fourth-order valence-corrected chi connectivity index (χ4v) is 2.77. The molecular weight excluding hydrogens is 253 g/mol. The van der Waals surface area contributed by atoms with E-state index in [2.05, 4.69) is 5.32 Å². The van der Waals surface area contributed by atoms with Crippen molar-refractivity contribution in [2.75, 3.05) is 11.9 Å². The van der Waals surface area contributed by atoms with Crippen LogP contribution in [0.15, 0.2) is 42.5 Å². The lowest BCUT2D eigenvalue weighted by Gasteiger charge is -2.16. The number of rotatable bonds is 4. The van der Waals surface area contributed by atoms with Crippen LogP contribution >= 0.6 is 0 Å². The molecule has 1 aliphatic rings. The number of halogens is 1. The lowest BCUT2D eigenvalue weighted by Crippen LogP contribution is -2.07. The number of benzene rings is 2. The number of nitrogens with one attached hydrogen (secondary N) is 1. The molecule has 3 heteroatoms. The molecule has 1 aliphatic carbocycles. The Hall–Kier alpha value is -2.03. The lowest BCUT2D eigenvalue weighted by atomic mass is 10.1. The normalized spacial score (nSPS) is 16.8. The summed E-state index contributed by atoms with van der Waals surface area (Å²) in [6, 6.07) is 13.4. The van der Waals surface area contributed by atoms with Crippen LogP contribution in [0.1, 0.15) is 30.5 Å². The number of hydrogen-bond acceptors (Lipinski definition) is 2. The number of fused-ring (bicyclic) bond motifs is 1. The maximum absolute atomic E-state index is 13.7. The van der Waals surface area contributed by atoms with Crippen LogP contribution in [0.4, 0.5) is 10.1 Å². The predicted octanol–water partition coefficient (Wildman–Crippen LogP) is 4.32. The van der Waals surface area contributed by atoms with Gasteiger partial charge in [0.2, 0.25) is 0 Å². The van der Waals surface area contributed by atoms with Crippen molar-refractivity contribution in [2.24, 2.45) is 0 Å². The second kappa shape index (κ2) is 5.53. The highest BCUT2D eigenvalue weighted by Crippen LogP contribution is 2.35. The van der Waals surface area contributed by atoms with Crippen LogP contribution in [0.25, 0.3) is 0 Å². The minimum Gasteiger partial charge on any atom is -0.494 e. The Balaban J connectivity index is 1.75. The van der Waals surface area contributed by atoms with Crippen molar-refractivity contribution in [2.45, 2.75) is 25.8 Å². The van der Waals surface area contributed by atoms with E-state index in [1.165, 1.54) is 6.07 Å². The average Bonchev–Trinajstić information content (AvgIpc) is 2.86. The first-order valence-electron chi connectivity index (χ1n) is 7.04. The molecule has 0 saturated heterocycles. The van der Waals surface area contributed by atoms with Gasteiger partial charge in [0, 0.05) is 5.69 Å². The molecule has 0 amide bonds. The quantitative estimate of drug-likeness (QED) is 0.894. The van der Waals surface area contributed by atoms with Crippen LogP contribution in [-0.4, -0.2) is 6.61 Å². The van der Waals surface area contributed by atoms with Gasteiger partial charge < -0.3 is 10.1 Å². The van der Waals surface area contributed by atoms with Crippen molar-refractivity contribution in [3.8, 4) is 5.75 Å². The van der Waals surface area contributed by atoms with Crippen molar-refractivity contribution in [1.82, 2.24) is 0 Å². The molecule has 2 aromatic rings. The molecule has 0 heterocycles. The van der Waals surface area contributed by atoms with Gasteiger partial charge in [-0.25, -0.2) is 4.39 Å². The van der Waals surface area contributed by atoms with E-state index in [9.17, 15) is 4.39 Å². The van der Waals surface area contributed by atoms with Crippen molar-refractivity contribution in [1.29, 1.82) is 0 Å². The SMILES string of the molecule is CCOc1ccc(NC2CCc3c(F)cccc32)cc1. The van der Waals surface area contributed by atoms with Crippen LogP contribution in [0, 0.1) is 5.82 Å². The molecule has 0 bridgehead atoms. The van der Waals surface area contributed by atoms with E-state index < -0.39 is 0 Å². The lowest BCUT2D eigenvalue weighted by molar-refractivity contribution is 0.340. The van der Waals surface area contributed by atoms with Crippen LogP contribution in [0.2, 0.25) is 0 Å². The first kappa shape index (κ1) is 13.0. The molecule has 0 spiro atoms. The van der Waals surface area contributed by atoms with E-state index in [0.29, 0.717) is 6.61 Å². The summed E-state index contributed by atoms with van der Waals surface area (Å²) in [5.41, 5.74) is 2.98. The third kappa shape index (κ3) is 2.48. The molecule has 3 rings (SSSR count). The maximum atomic E-state index is 13.7. The van der Waals surface area contributed by atoms with Crippen molar-refractivity contribution in [3.63, 3.8) is 0 Å². The molecule has 1 unspecified atom stereocenters. The monoisotopic (exact) mass is 271 g/mol. The molecule has 2 aromatic carbocycles. The zero-order valence-corrected chi connectivity index (χ0v) is 11.5. The van der Waals surface area contributed by atoms with E-state index in [1.807, 2.05) is 37.3 Å². The molecule has 0 aliphatic heterocycles. The Kier molecular flexibility index (Phi) is 3.59. The third-order valence-electron chi connectivity index (χ3n) is 3.72. The summed E-state index contributed by atoms with van der Waals surface area (Å²) in [5, 5.41) is 3.47. The molecule has 1 N–H and O–H groups in total. The molecule has 0 aromatic heterocycles. The molecule has 2 nitrogen and oxygen atoms in total. The smallest absolute Gasteiger partial charge is 0.126 e. The standard InChI is InChI=1S/C17H18FNO/c1-2-20-13-8-6-12(7-9-13)19-17-11-10-14-15(17)4-3-5-16(14)18/h3-9,17,19H,2,10-11H2,1H3. The fourth-order valence-electron chi connectivity index (χ4n) is 2.77. The number of hydrogen-bond donors (Lipinski definition) is 1. The number of ether oxygens (including phenoxy) is 1. The molecule has 104 valence electrons.